The third-order valence-corrected chi connectivity index (χ3v) is 7.14. The van der Waals surface area contributed by atoms with Gasteiger partial charge in [-0.3, -0.25) is 4.79 Å². The highest BCUT2D eigenvalue weighted by Crippen LogP contribution is 2.17. The van der Waals surface area contributed by atoms with Crippen LogP contribution in [0.5, 0.6) is 0 Å². The summed E-state index contributed by atoms with van der Waals surface area (Å²) in [5.41, 5.74) is 1.99. The predicted octanol–water partition coefficient (Wildman–Crippen LogP) is 2.54. The molecule has 1 saturated heterocycles. The Labute approximate surface area is 177 Å². The summed E-state index contributed by atoms with van der Waals surface area (Å²) in [6.07, 6.45) is 0.652. The summed E-state index contributed by atoms with van der Waals surface area (Å²) in [7, 11) is -3.31. The molecule has 2 aromatic rings. The van der Waals surface area contributed by atoms with Gasteiger partial charge in [0.05, 0.1) is 12.2 Å². The predicted molar refractivity (Wildman–Crippen MR) is 117 cm³/mol. The van der Waals surface area contributed by atoms with Crippen molar-refractivity contribution in [1.82, 2.24) is 9.62 Å². The van der Waals surface area contributed by atoms with Gasteiger partial charge in [-0.15, -0.1) is 0 Å². The number of halogens is 1. The zero-order chi connectivity index (χ0) is 20.7. The van der Waals surface area contributed by atoms with Crippen molar-refractivity contribution in [2.24, 2.45) is 0 Å². The number of benzene rings is 2. The molecule has 0 aromatic heterocycles. The van der Waals surface area contributed by atoms with Crippen molar-refractivity contribution < 1.29 is 13.2 Å². The number of amides is 1. The minimum Gasteiger partial charge on any atom is -0.369 e. The Morgan fingerprint density at radius 1 is 0.966 bits per heavy atom. The maximum atomic E-state index is 12.6. The molecule has 0 spiro atoms. The fourth-order valence-electron chi connectivity index (χ4n) is 3.32. The van der Waals surface area contributed by atoms with Crippen molar-refractivity contribution in [2.45, 2.75) is 12.8 Å². The van der Waals surface area contributed by atoms with E-state index in [0.717, 1.165) is 11.3 Å². The van der Waals surface area contributed by atoms with Gasteiger partial charge in [0.1, 0.15) is 0 Å². The fraction of sp³-hybridized carbons (Fsp3) is 0.381. The Kier molecular flexibility index (Phi) is 7.52. The summed E-state index contributed by atoms with van der Waals surface area (Å²) in [6.45, 7) is 2.68. The van der Waals surface area contributed by atoms with Crippen molar-refractivity contribution >= 4 is 33.2 Å². The van der Waals surface area contributed by atoms with E-state index in [2.05, 4.69) is 10.2 Å². The summed E-state index contributed by atoms with van der Waals surface area (Å²) in [4.78, 5) is 14.2. The van der Waals surface area contributed by atoms with E-state index in [1.165, 1.54) is 0 Å². The van der Waals surface area contributed by atoms with Crippen molar-refractivity contribution in [1.29, 1.82) is 0 Å². The van der Waals surface area contributed by atoms with Gasteiger partial charge < -0.3 is 10.2 Å². The van der Waals surface area contributed by atoms with Gasteiger partial charge in [0.15, 0.2) is 0 Å². The van der Waals surface area contributed by atoms with Crippen LogP contribution in [0.4, 0.5) is 5.69 Å². The average molecular weight is 436 g/mol. The Hall–Kier alpha value is -2.09. The molecule has 1 heterocycles. The number of nitrogens with zero attached hydrogens (tertiary/aromatic N) is 2. The number of piperazine rings is 1. The summed E-state index contributed by atoms with van der Waals surface area (Å²) in [5.74, 6) is -0.0827. The van der Waals surface area contributed by atoms with E-state index < -0.39 is 10.0 Å². The molecule has 2 aromatic carbocycles. The fourth-order valence-corrected chi connectivity index (χ4v) is 4.94. The molecule has 0 radical (unpaired) electrons. The van der Waals surface area contributed by atoms with Gasteiger partial charge in [-0.1, -0.05) is 41.9 Å². The number of anilines is 1. The van der Waals surface area contributed by atoms with Gasteiger partial charge in [0.25, 0.3) is 0 Å². The minimum atomic E-state index is -3.31. The average Bonchev–Trinajstić information content (AvgIpc) is 2.74. The topological polar surface area (TPSA) is 69.7 Å². The molecule has 8 heteroatoms. The van der Waals surface area contributed by atoms with Crippen molar-refractivity contribution in [3.05, 3.63) is 65.2 Å². The van der Waals surface area contributed by atoms with Crippen LogP contribution in [0.25, 0.3) is 0 Å². The Morgan fingerprint density at radius 2 is 1.62 bits per heavy atom. The molecular weight excluding hydrogens is 410 g/mol. The molecule has 3 rings (SSSR count). The molecule has 0 saturated carbocycles. The summed E-state index contributed by atoms with van der Waals surface area (Å²) in [5, 5.41) is 3.42. The lowest BCUT2D eigenvalue weighted by Gasteiger charge is -2.35. The van der Waals surface area contributed by atoms with E-state index in [1.807, 2.05) is 42.5 Å². The van der Waals surface area contributed by atoms with Crippen LogP contribution in [-0.4, -0.2) is 57.1 Å². The van der Waals surface area contributed by atoms with Crippen LogP contribution in [0, 0.1) is 0 Å². The van der Waals surface area contributed by atoms with Gasteiger partial charge in [-0.25, -0.2) is 8.42 Å². The number of sulfonamides is 1. The maximum absolute atomic E-state index is 12.6. The van der Waals surface area contributed by atoms with Gasteiger partial charge in [-0.05, 0) is 36.2 Å². The first-order valence-electron chi connectivity index (χ1n) is 9.73. The second-order valence-corrected chi connectivity index (χ2v) is 9.57. The van der Waals surface area contributed by atoms with E-state index in [0.29, 0.717) is 44.2 Å². The third-order valence-electron chi connectivity index (χ3n) is 4.93. The molecule has 1 amide bonds. The molecule has 29 heavy (non-hydrogen) atoms. The monoisotopic (exact) mass is 435 g/mol. The molecule has 0 atom stereocenters. The van der Waals surface area contributed by atoms with Crippen molar-refractivity contribution in [3.63, 3.8) is 0 Å². The first-order valence-corrected chi connectivity index (χ1v) is 11.7. The largest absolute Gasteiger partial charge is 0.369 e. The quantitative estimate of drug-likeness (QED) is 0.647. The van der Waals surface area contributed by atoms with Crippen LogP contribution < -0.4 is 10.2 Å². The standard InChI is InChI=1S/C21H26ClN3O3S/c22-19-9-7-18(8-10-19)17-21(26)23-11-4-16-29(27,28)25-14-12-24(13-15-25)20-5-2-1-3-6-20/h1-3,5-10H,4,11-17H2,(H,23,26). The van der Waals surface area contributed by atoms with Crippen molar-refractivity contribution in [2.75, 3.05) is 43.4 Å². The van der Waals surface area contributed by atoms with Crippen LogP contribution in [0.3, 0.4) is 0 Å². The molecule has 0 unspecified atom stereocenters. The van der Waals surface area contributed by atoms with Crippen LogP contribution in [-0.2, 0) is 21.2 Å². The van der Waals surface area contributed by atoms with Crippen LogP contribution >= 0.6 is 11.6 Å². The second kappa shape index (κ2) is 10.1. The molecule has 1 aliphatic heterocycles. The first-order chi connectivity index (χ1) is 13.9. The zero-order valence-corrected chi connectivity index (χ0v) is 17.8. The summed E-state index contributed by atoms with van der Waals surface area (Å²) < 4.78 is 26.7. The molecule has 0 aliphatic carbocycles. The number of hydrogen-bond donors (Lipinski definition) is 1. The van der Waals surface area contributed by atoms with Gasteiger partial charge in [0, 0.05) is 43.4 Å². The Bertz CT molecular complexity index is 897. The van der Waals surface area contributed by atoms with E-state index in [4.69, 9.17) is 11.6 Å². The molecule has 1 N–H and O–H groups in total. The number of nitrogens with one attached hydrogen (secondary N) is 1. The molecular formula is C21H26ClN3O3S. The highest BCUT2D eigenvalue weighted by atomic mass is 35.5. The maximum Gasteiger partial charge on any atom is 0.224 e. The lowest BCUT2D eigenvalue weighted by Crippen LogP contribution is -2.49. The molecule has 6 nitrogen and oxygen atoms in total. The molecule has 1 aliphatic rings. The highest BCUT2D eigenvalue weighted by molar-refractivity contribution is 7.89. The van der Waals surface area contributed by atoms with Gasteiger partial charge in [0.2, 0.25) is 15.9 Å². The van der Waals surface area contributed by atoms with Gasteiger partial charge >= 0.3 is 0 Å². The lowest BCUT2D eigenvalue weighted by molar-refractivity contribution is -0.120. The minimum absolute atomic E-state index is 0.0412. The normalized spacial score (nSPS) is 15.3. The number of hydrogen-bond acceptors (Lipinski definition) is 4. The highest BCUT2D eigenvalue weighted by Gasteiger charge is 2.26. The smallest absolute Gasteiger partial charge is 0.224 e. The summed E-state index contributed by atoms with van der Waals surface area (Å²) >= 11 is 5.83. The molecule has 156 valence electrons. The SMILES string of the molecule is O=C(Cc1ccc(Cl)cc1)NCCCS(=O)(=O)N1CCN(c2ccccc2)CC1. The summed E-state index contributed by atoms with van der Waals surface area (Å²) in [6, 6.07) is 17.1. The Morgan fingerprint density at radius 3 is 2.28 bits per heavy atom. The van der Waals surface area contributed by atoms with E-state index >= 15 is 0 Å². The number of rotatable bonds is 8. The lowest BCUT2D eigenvalue weighted by atomic mass is 10.1. The van der Waals surface area contributed by atoms with E-state index in [-0.39, 0.29) is 18.1 Å². The number of para-hydroxylation sites is 1. The van der Waals surface area contributed by atoms with E-state index in [9.17, 15) is 13.2 Å². The van der Waals surface area contributed by atoms with Crippen molar-refractivity contribution in [3.8, 4) is 0 Å². The first kappa shape index (κ1) is 21.6. The zero-order valence-electron chi connectivity index (χ0n) is 16.3. The van der Waals surface area contributed by atoms with E-state index in [1.54, 1.807) is 16.4 Å². The number of carbonyl (C=O) groups is 1. The molecule has 0 bridgehead atoms. The van der Waals surface area contributed by atoms with Crippen LogP contribution in [0.2, 0.25) is 5.02 Å². The second-order valence-electron chi connectivity index (χ2n) is 7.04. The van der Waals surface area contributed by atoms with Crippen LogP contribution in [0.15, 0.2) is 54.6 Å². The molecule has 1 fully saturated rings. The third kappa shape index (κ3) is 6.45. The van der Waals surface area contributed by atoms with Crippen LogP contribution in [0.1, 0.15) is 12.0 Å². The Balaban J connectivity index is 1.38. The van der Waals surface area contributed by atoms with Gasteiger partial charge in [-0.2, -0.15) is 4.31 Å². The number of carbonyl (C=O) groups excluding carboxylic acids is 1.